The predicted molar refractivity (Wildman–Crippen MR) is 103 cm³/mol. The molecule has 0 heterocycles. The number of rotatable bonds is 17. The fraction of sp³-hybridized carbons (Fsp3) is 0.857. The van der Waals surface area contributed by atoms with Crippen molar-refractivity contribution >= 4 is 5.97 Å². The highest BCUT2D eigenvalue weighted by Crippen LogP contribution is 2.10. The summed E-state index contributed by atoms with van der Waals surface area (Å²) in [7, 11) is 0. The van der Waals surface area contributed by atoms with Crippen LogP contribution in [-0.2, 0) is 9.53 Å². The lowest BCUT2D eigenvalue weighted by atomic mass is 10.1. The zero-order valence-electron chi connectivity index (χ0n) is 16.4. The monoisotopic (exact) mass is 356 g/mol. The highest BCUT2D eigenvalue weighted by molar-refractivity contribution is 5.69. The molecule has 0 aliphatic carbocycles. The summed E-state index contributed by atoms with van der Waals surface area (Å²) >= 11 is 0. The van der Waals surface area contributed by atoms with Crippen LogP contribution in [0.5, 0.6) is 0 Å². The van der Waals surface area contributed by atoms with Crippen molar-refractivity contribution in [2.24, 2.45) is 0 Å². The fourth-order valence-corrected chi connectivity index (χ4v) is 2.64. The molecule has 25 heavy (non-hydrogen) atoms. The van der Waals surface area contributed by atoms with Crippen LogP contribution in [0.15, 0.2) is 12.2 Å². The van der Waals surface area contributed by atoms with Crippen LogP contribution in [0.2, 0.25) is 0 Å². The van der Waals surface area contributed by atoms with Crippen LogP contribution < -0.4 is 0 Å². The molecule has 0 aliphatic heterocycles. The van der Waals surface area contributed by atoms with Crippen molar-refractivity contribution in [1.29, 1.82) is 0 Å². The van der Waals surface area contributed by atoms with E-state index in [-0.39, 0.29) is 18.7 Å². The average molecular weight is 357 g/mol. The molecular formula is C21H40O4. The summed E-state index contributed by atoms with van der Waals surface area (Å²) in [5.41, 5.74) is 0. The molecule has 0 spiro atoms. The first-order valence-electron chi connectivity index (χ1n) is 10.2. The second-order valence-electron chi connectivity index (χ2n) is 7.05. The van der Waals surface area contributed by atoms with Gasteiger partial charge in [-0.15, -0.1) is 0 Å². The van der Waals surface area contributed by atoms with Crippen molar-refractivity contribution in [3.8, 4) is 0 Å². The van der Waals surface area contributed by atoms with Gasteiger partial charge in [0.1, 0.15) is 6.61 Å². The second kappa shape index (κ2) is 17.9. The second-order valence-corrected chi connectivity index (χ2v) is 7.05. The number of ether oxygens (including phenoxy) is 1. The van der Waals surface area contributed by atoms with Crippen LogP contribution in [-0.4, -0.2) is 35.0 Å². The van der Waals surface area contributed by atoms with Crippen molar-refractivity contribution < 1.29 is 19.7 Å². The Kier molecular flexibility index (Phi) is 17.3. The summed E-state index contributed by atoms with van der Waals surface area (Å²) in [6, 6.07) is 0. The van der Waals surface area contributed by atoms with Gasteiger partial charge in [0.2, 0.25) is 0 Å². The minimum Gasteiger partial charge on any atom is -0.463 e. The lowest BCUT2D eigenvalue weighted by Crippen LogP contribution is -2.14. The number of esters is 1. The first-order valence-corrected chi connectivity index (χ1v) is 10.2. The zero-order valence-corrected chi connectivity index (χ0v) is 16.4. The molecule has 4 nitrogen and oxygen atoms in total. The summed E-state index contributed by atoms with van der Waals surface area (Å²) < 4.78 is 4.91. The number of aliphatic hydroxyl groups is 2. The molecule has 0 saturated carbocycles. The number of carbonyl (C=O) groups excluding carboxylic acids is 1. The summed E-state index contributed by atoms with van der Waals surface area (Å²) in [5, 5.41) is 18.9. The maximum Gasteiger partial charge on any atom is 0.305 e. The molecule has 0 radical (unpaired) electrons. The molecule has 2 atom stereocenters. The van der Waals surface area contributed by atoms with E-state index in [9.17, 15) is 9.90 Å². The van der Waals surface area contributed by atoms with Gasteiger partial charge in [-0.1, -0.05) is 64.0 Å². The molecule has 0 bridgehead atoms. The molecule has 0 aliphatic rings. The van der Waals surface area contributed by atoms with Gasteiger partial charge in [0.25, 0.3) is 0 Å². The molecule has 1 unspecified atom stereocenters. The van der Waals surface area contributed by atoms with E-state index in [0.29, 0.717) is 6.42 Å². The largest absolute Gasteiger partial charge is 0.463 e. The van der Waals surface area contributed by atoms with Crippen molar-refractivity contribution in [2.75, 3.05) is 6.61 Å². The van der Waals surface area contributed by atoms with Gasteiger partial charge in [-0.2, -0.15) is 0 Å². The van der Waals surface area contributed by atoms with Crippen LogP contribution in [0.4, 0.5) is 0 Å². The molecule has 0 aromatic heterocycles. The van der Waals surface area contributed by atoms with E-state index in [1.807, 2.05) is 0 Å². The quantitative estimate of drug-likeness (QED) is 0.220. The molecule has 4 heteroatoms. The zero-order chi connectivity index (χ0) is 18.8. The maximum absolute atomic E-state index is 11.3. The SMILES string of the molecule is CCCCCC[C@H](O)C/C=C\CCCCCCCC(=O)OCC(C)O. The highest BCUT2D eigenvalue weighted by atomic mass is 16.5. The molecule has 0 saturated heterocycles. The van der Waals surface area contributed by atoms with Gasteiger partial charge in [0.05, 0.1) is 12.2 Å². The van der Waals surface area contributed by atoms with Gasteiger partial charge in [-0.3, -0.25) is 4.79 Å². The number of carbonyl (C=O) groups is 1. The van der Waals surface area contributed by atoms with Gasteiger partial charge in [0.15, 0.2) is 0 Å². The molecule has 2 N–H and O–H groups in total. The Balaban J connectivity index is 3.33. The van der Waals surface area contributed by atoms with Gasteiger partial charge in [-0.05, 0) is 39.0 Å². The van der Waals surface area contributed by atoms with Crippen LogP contribution in [0.3, 0.4) is 0 Å². The lowest BCUT2D eigenvalue weighted by molar-refractivity contribution is -0.146. The van der Waals surface area contributed by atoms with E-state index in [2.05, 4.69) is 19.1 Å². The van der Waals surface area contributed by atoms with Gasteiger partial charge >= 0.3 is 5.97 Å². The molecule has 0 aromatic carbocycles. The third kappa shape index (κ3) is 19.3. The van der Waals surface area contributed by atoms with Crippen LogP contribution in [0, 0.1) is 0 Å². The predicted octanol–water partition coefficient (Wildman–Crippen LogP) is 4.92. The maximum atomic E-state index is 11.3. The van der Waals surface area contributed by atoms with E-state index in [0.717, 1.165) is 51.4 Å². The Labute approximate surface area is 154 Å². The summed E-state index contributed by atoms with van der Waals surface area (Å²) in [6.07, 6.45) is 17.0. The third-order valence-electron chi connectivity index (χ3n) is 4.20. The molecule has 148 valence electrons. The smallest absolute Gasteiger partial charge is 0.305 e. The Morgan fingerprint density at radius 3 is 2.36 bits per heavy atom. The van der Waals surface area contributed by atoms with Crippen LogP contribution in [0.25, 0.3) is 0 Å². The number of aliphatic hydroxyl groups excluding tert-OH is 2. The fourth-order valence-electron chi connectivity index (χ4n) is 2.64. The van der Waals surface area contributed by atoms with E-state index < -0.39 is 6.10 Å². The third-order valence-corrected chi connectivity index (χ3v) is 4.20. The Hall–Kier alpha value is -0.870. The van der Waals surface area contributed by atoms with Crippen molar-refractivity contribution in [3.63, 3.8) is 0 Å². The highest BCUT2D eigenvalue weighted by Gasteiger charge is 2.04. The summed E-state index contributed by atoms with van der Waals surface area (Å²) in [4.78, 5) is 11.3. The standard InChI is InChI=1S/C21H40O4/c1-3-4-5-12-15-20(23)16-13-10-8-6-7-9-11-14-17-21(24)25-18-19(2)22/h10,13,19-20,22-23H,3-9,11-12,14-18H2,1-2H3/b13-10-/t19?,20-/m0/s1. The summed E-state index contributed by atoms with van der Waals surface area (Å²) in [6.45, 7) is 3.90. The number of unbranched alkanes of at least 4 members (excludes halogenated alkanes) is 8. The molecule has 0 aromatic rings. The van der Waals surface area contributed by atoms with Crippen molar-refractivity contribution in [3.05, 3.63) is 12.2 Å². The summed E-state index contributed by atoms with van der Waals surface area (Å²) in [5.74, 6) is -0.211. The molecule has 0 rings (SSSR count). The molecular weight excluding hydrogens is 316 g/mol. The Bertz CT molecular complexity index is 326. The Morgan fingerprint density at radius 1 is 0.960 bits per heavy atom. The first-order chi connectivity index (χ1) is 12.1. The Morgan fingerprint density at radius 2 is 1.64 bits per heavy atom. The van der Waals surface area contributed by atoms with Crippen LogP contribution in [0.1, 0.15) is 97.3 Å². The molecule has 0 fully saturated rings. The van der Waals surface area contributed by atoms with Crippen molar-refractivity contribution in [1.82, 2.24) is 0 Å². The van der Waals surface area contributed by atoms with E-state index in [4.69, 9.17) is 9.84 Å². The number of allylic oxidation sites excluding steroid dienone is 1. The number of hydrogen-bond donors (Lipinski definition) is 2. The average Bonchev–Trinajstić information content (AvgIpc) is 2.58. The van der Waals surface area contributed by atoms with Gasteiger partial charge in [-0.25, -0.2) is 0 Å². The number of hydrogen-bond acceptors (Lipinski definition) is 4. The van der Waals surface area contributed by atoms with Gasteiger partial charge < -0.3 is 14.9 Å². The normalized spacial score (nSPS) is 13.9. The van der Waals surface area contributed by atoms with E-state index in [1.165, 1.54) is 25.7 Å². The topological polar surface area (TPSA) is 66.8 Å². The van der Waals surface area contributed by atoms with Crippen molar-refractivity contribution in [2.45, 2.75) is 110 Å². The molecule has 0 amide bonds. The first kappa shape index (κ1) is 24.1. The van der Waals surface area contributed by atoms with E-state index in [1.54, 1.807) is 6.92 Å². The van der Waals surface area contributed by atoms with Crippen LogP contribution >= 0.6 is 0 Å². The minimum absolute atomic E-state index is 0.0958. The van der Waals surface area contributed by atoms with E-state index >= 15 is 0 Å². The van der Waals surface area contributed by atoms with Gasteiger partial charge in [0, 0.05) is 6.42 Å². The lowest BCUT2D eigenvalue weighted by Gasteiger charge is -2.07. The minimum atomic E-state index is -0.584.